The average molecular weight is 555 g/mol. The van der Waals surface area contributed by atoms with Gasteiger partial charge in [-0.05, 0) is 73.9 Å². The smallest absolute Gasteiger partial charge is 0.253 e. The molecule has 0 saturated carbocycles. The van der Waals surface area contributed by atoms with Crippen molar-refractivity contribution < 1.29 is 9.59 Å². The molecule has 0 bridgehead atoms. The molecule has 0 unspecified atom stereocenters. The molecule has 4 aromatic rings. The van der Waals surface area contributed by atoms with E-state index in [0.717, 1.165) is 28.1 Å². The number of carbonyl (C=O) groups excluding carboxylic acids is 2. The summed E-state index contributed by atoms with van der Waals surface area (Å²) >= 11 is 13.5. The fraction of sp³-hybridized carbons (Fsp3) is 0.185. The largest absolute Gasteiger partial charge is 0.345 e. The standard InChI is InChI=1S/C27H25Cl2N5O2S/c1-16-5-4-6-20(11-16)34-24(14-30-26(36)21-13-19(28)9-10-22(21)29)32-33-27(34)37-15-25(35)31-23-12-17(2)7-8-18(23)3/h4-13H,14-15H2,1-3H3,(H,30,36)(H,31,35). The lowest BCUT2D eigenvalue weighted by Gasteiger charge is -2.12. The minimum Gasteiger partial charge on any atom is -0.345 e. The van der Waals surface area contributed by atoms with Crippen LogP contribution in [0.5, 0.6) is 0 Å². The number of anilines is 1. The van der Waals surface area contributed by atoms with Gasteiger partial charge in [0.15, 0.2) is 11.0 Å². The number of benzene rings is 3. The summed E-state index contributed by atoms with van der Waals surface area (Å²) in [5.41, 5.74) is 4.99. The molecule has 0 aliphatic rings. The second kappa shape index (κ2) is 11.8. The highest BCUT2D eigenvalue weighted by atomic mass is 35.5. The summed E-state index contributed by atoms with van der Waals surface area (Å²) in [6.45, 7) is 6.02. The summed E-state index contributed by atoms with van der Waals surface area (Å²) in [4.78, 5) is 25.5. The first-order valence-corrected chi connectivity index (χ1v) is 13.2. The number of carbonyl (C=O) groups is 2. The maximum Gasteiger partial charge on any atom is 0.253 e. The first-order chi connectivity index (χ1) is 17.7. The van der Waals surface area contributed by atoms with E-state index in [1.54, 1.807) is 12.1 Å². The number of thioether (sulfide) groups is 1. The summed E-state index contributed by atoms with van der Waals surface area (Å²) in [6, 6.07) is 18.5. The van der Waals surface area contributed by atoms with E-state index in [9.17, 15) is 9.59 Å². The number of aromatic nitrogens is 3. The zero-order valence-corrected chi connectivity index (χ0v) is 22.8. The lowest BCUT2D eigenvalue weighted by atomic mass is 10.1. The van der Waals surface area contributed by atoms with Crippen molar-refractivity contribution in [2.45, 2.75) is 32.5 Å². The van der Waals surface area contributed by atoms with E-state index in [2.05, 4.69) is 20.8 Å². The Kier molecular flexibility index (Phi) is 8.53. The van der Waals surface area contributed by atoms with Gasteiger partial charge in [0.1, 0.15) is 0 Å². The van der Waals surface area contributed by atoms with E-state index in [1.165, 1.54) is 17.8 Å². The Hall–Kier alpha value is -3.33. The number of hydrogen-bond acceptors (Lipinski definition) is 5. The number of rotatable bonds is 8. The molecule has 2 N–H and O–H groups in total. The van der Waals surface area contributed by atoms with E-state index in [4.69, 9.17) is 23.2 Å². The van der Waals surface area contributed by atoms with Gasteiger partial charge in [-0.15, -0.1) is 10.2 Å². The van der Waals surface area contributed by atoms with Crippen molar-refractivity contribution in [2.75, 3.05) is 11.1 Å². The van der Waals surface area contributed by atoms with Crippen molar-refractivity contribution in [3.63, 3.8) is 0 Å². The summed E-state index contributed by atoms with van der Waals surface area (Å²) in [7, 11) is 0. The fourth-order valence-corrected chi connectivity index (χ4v) is 4.79. The number of nitrogens with one attached hydrogen (secondary N) is 2. The SMILES string of the molecule is Cc1cccc(-n2c(CNC(=O)c3cc(Cl)ccc3Cl)nnc2SCC(=O)Nc2cc(C)ccc2C)c1. The van der Waals surface area contributed by atoms with Gasteiger partial charge in [-0.25, -0.2) is 0 Å². The molecular weight excluding hydrogens is 529 g/mol. The summed E-state index contributed by atoms with van der Waals surface area (Å²) in [5.74, 6) is 0.118. The van der Waals surface area contributed by atoms with Crippen molar-refractivity contribution in [2.24, 2.45) is 0 Å². The Labute approximate surface area is 229 Å². The minimum absolute atomic E-state index is 0.0951. The molecule has 0 atom stereocenters. The molecule has 7 nitrogen and oxygen atoms in total. The lowest BCUT2D eigenvalue weighted by Crippen LogP contribution is -2.25. The zero-order valence-electron chi connectivity index (χ0n) is 20.5. The van der Waals surface area contributed by atoms with Crippen LogP contribution < -0.4 is 10.6 Å². The molecule has 37 heavy (non-hydrogen) atoms. The fourth-order valence-electron chi connectivity index (χ4n) is 3.65. The normalized spacial score (nSPS) is 10.8. The molecule has 0 aliphatic heterocycles. The van der Waals surface area contributed by atoms with E-state index < -0.39 is 0 Å². The Morgan fingerprint density at radius 3 is 2.51 bits per heavy atom. The molecule has 4 rings (SSSR count). The van der Waals surface area contributed by atoms with Gasteiger partial charge in [-0.3, -0.25) is 14.2 Å². The summed E-state index contributed by atoms with van der Waals surface area (Å²) < 4.78 is 1.84. The predicted molar refractivity (Wildman–Crippen MR) is 149 cm³/mol. The van der Waals surface area contributed by atoms with Gasteiger partial charge in [-0.2, -0.15) is 0 Å². The first-order valence-electron chi connectivity index (χ1n) is 11.5. The van der Waals surface area contributed by atoms with Crippen LogP contribution in [0.25, 0.3) is 5.69 Å². The van der Waals surface area contributed by atoms with Crippen LogP contribution in [-0.4, -0.2) is 32.3 Å². The predicted octanol–water partition coefficient (Wildman–Crippen LogP) is 6.16. The van der Waals surface area contributed by atoms with Crippen LogP contribution in [0, 0.1) is 20.8 Å². The van der Waals surface area contributed by atoms with Gasteiger partial charge in [0.05, 0.1) is 22.9 Å². The maximum absolute atomic E-state index is 12.8. The van der Waals surface area contributed by atoms with Gasteiger partial charge < -0.3 is 10.6 Å². The molecule has 190 valence electrons. The molecular formula is C27H25Cl2N5O2S. The quantitative estimate of drug-likeness (QED) is 0.255. The van der Waals surface area contributed by atoms with Crippen molar-refractivity contribution in [3.05, 3.63) is 98.8 Å². The van der Waals surface area contributed by atoms with Crippen molar-refractivity contribution in [1.82, 2.24) is 20.1 Å². The number of hydrogen-bond donors (Lipinski definition) is 2. The van der Waals surface area contributed by atoms with Crippen LogP contribution in [0.4, 0.5) is 5.69 Å². The Balaban J connectivity index is 1.53. The van der Waals surface area contributed by atoms with Crippen LogP contribution in [0.15, 0.2) is 65.8 Å². The number of nitrogens with zero attached hydrogens (tertiary/aromatic N) is 3. The topological polar surface area (TPSA) is 88.9 Å². The Morgan fingerprint density at radius 2 is 1.73 bits per heavy atom. The molecule has 0 spiro atoms. The maximum atomic E-state index is 12.8. The van der Waals surface area contributed by atoms with E-state index in [0.29, 0.717) is 21.0 Å². The second-order valence-corrected chi connectivity index (χ2v) is 10.3. The van der Waals surface area contributed by atoms with Gasteiger partial charge in [0.25, 0.3) is 5.91 Å². The van der Waals surface area contributed by atoms with Gasteiger partial charge in [0.2, 0.25) is 5.91 Å². The number of halogens is 2. The molecule has 2 amide bonds. The van der Waals surface area contributed by atoms with Crippen molar-refractivity contribution in [3.8, 4) is 5.69 Å². The number of amides is 2. The molecule has 1 heterocycles. The molecule has 0 radical (unpaired) electrons. The van der Waals surface area contributed by atoms with Crippen LogP contribution in [0.2, 0.25) is 10.0 Å². The average Bonchev–Trinajstić information content (AvgIpc) is 3.28. The van der Waals surface area contributed by atoms with E-state index in [-0.39, 0.29) is 29.7 Å². The summed E-state index contributed by atoms with van der Waals surface area (Å²) in [5, 5.41) is 15.7. The Morgan fingerprint density at radius 1 is 0.946 bits per heavy atom. The zero-order chi connectivity index (χ0) is 26.5. The van der Waals surface area contributed by atoms with Crippen molar-refractivity contribution >= 4 is 52.5 Å². The molecule has 10 heteroatoms. The lowest BCUT2D eigenvalue weighted by molar-refractivity contribution is -0.113. The third kappa shape index (κ3) is 6.71. The highest BCUT2D eigenvalue weighted by molar-refractivity contribution is 7.99. The van der Waals surface area contributed by atoms with Gasteiger partial charge in [0, 0.05) is 16.4 Å². The van der Waals surface area contributed by atoms with Crippen LogP contribution in [0.1, 0.15) is 32.9 Å². The van der Waals surface area contributed by atoms with Crippen LogP contribution in [0.3, 0.4) is 0 Å². The molecule has 0 fully saturated rings. The van der Waals surface area contributed by atoms with Crippen LogP contribution in [-0.2, 0) is 11.3 Å². The van der Waals surface area contributed by atoms with Crippen LogP contribution >= 0.6 is 35.0 Å². The Bertz CT molecular complexity index is 1470. The minimum atomic E-state index is -0.381. The van der Waals surface area contributed by atoms with E-state index >= 15 is 0 Å². The highest BCUT2D eigenvalue weighted by Crippen LogP contribution is 2.25. The highest BCUT2D eigenvalue weighted by Gasteiger charge is 2.18. The van der Waals surface area contributed by atoms with E-state index in [1.807, 2.05) is 67.8 Å². The van der Waals surface area contributed by atoms with Gasteiger partial charge >= 0.3 is 0 Å². The van der Waals surface area contributed by atoms with Crippen molar-refractivity contribution in [1.29, 1.82) is 0 Å². The monoisotopic (exact) mass is 553 g/mol. The molecule has 0 aliphatic carbocycles. The molecule has 1 aromatic heterocycles. The first kappa shape index (κ1) is 26.7. The second-order valence-electron chi connectivity index (χ2n) is 8.54. The third-order valence-electron chi connectivity index (χ3n) is 5.54. The third-order valence-corrected chi connectivity index (χ3v) is 7.03. The molecule has 0 saturated heterocycles. The summed E-state index contributed by atoms with van der Waals surface area (Å²) in [6.07, 6.45) is 0. The number of aryl methyl sites for hydroxylation is 3. The van der Waals surface area contributed by atoms with Gasteiger partial charge in [-0.1, -0.05) is 59.2 Å². The molecule has 3 aromatic carbocycles.